The van der Waals surface area contributed by atoms with Gasteiger partial charge in [0.15, 0.2) is 0 Å². The van der Waals surface area contributed by atoms with Gasteiger partial charge in [-0.25, -0.2) is 9.55 Å². The number of hydrogen-bond acceptors (Lipinski definition) is 0. The Kier molecular flexibility index (Phi) is 21.1. The van der Waals surface area contributed by atoms with Gasteiger partial charge in [0.25, 0.3) is 5.82 Å². The van der Waals surface area contributed by atoms with E-state index in [1.807, 2.05) is 0 Å². The van der Waals surface area contributed by atoms with Gasteiger partial charge in [-0.3, -0.25) is 0 Å². The Morgan fingerprint density at radius 3 is 1.58 bits per heavy atom. The Labute approximate surface area is 208 Å². The Hall–Kier alpha value is -0.790. The van der Waals surface area contributed by atoms with Gasteiger partial charge in [0.2, 0.25) is 0 Å². The third-order valence-corrected chi connectivity index (χ3v) is 7.30. The molecule has 194 valence electrons. The molecular weight excluding hydrogens is 400 g/mol. The number of imidazole rings is 1. The summed E-state index contributed by atoms with van der Waals surface area (Å²) in [4.78, 5) is 3.50. The summed E-state index contributed by atoms with van der Waals surface area (Å²) in [6.45, 7) is 8.18. The molecule has 1 aromatic heterocycles. The highest BCUT2D eigenvalue weighted by atomic mass is 15.1. The van der Waals surface area contributed by atoms with Gasteiger partial charge >= 0.3 is 0 Å². The second kappa shape index (κ2) is 23.0. The third-order valence-electron chi connectivity index (χ3n) is 7.30. The van der Waals surface area contributed by atoms with E-state index in [0.29, 0.717) is 0 Å². The third kappa shape index (κ3) is 19.2. The molecule has 0 aliphatic carbocycles. The number of aryl methyl sites for hydroxylation is 2. The average Bonchev–Trinajstić information content (AvgIpc) is 3.25. The fraction of sp³-hybridized carbons (Fsp3) is 0.903. The number of nitrogens with zero attached hydrogens (tertiary/aromatic N) is 1. The highest BCUT2D eigenvalue weighted by Crippen LogP contribution is 2.14. The maximum Gasteiger partial charge on any atom is 0.254 e. The first-order valence-electron chi connectivity index (χ1n) is 15.3. The van der Waals surface area contributed by atoms with Gasteiger partial charge in [-0.05, 0) is 25.2 Å². The highest BCUT2D eigenvalue weighted by Gasteiger charge is 2.09. The minimum absolute atomic E-state index is 0.880. The number of hydrogen-bond donors (Lipinski definition) is 1. The van der Waals surface area contributed by atoms with Crippen LogP contribution >= 0.6 is 0 Å². The van der Waals surface area contributed by atoms with E-state index < -0.39 is 0 Å². The van der Waals surface area contributed by atoms with E-state index in [4.69, 9.17) is 0 Å². The standard InChI is InChI=1S/C31H60N2/c1-4-5-6-7-8-9-10-11-12-15-18-21-24-28-33-29-27-32-31(33)26-23-20-17-14-13-16-19-22-25-30(2)3/h27,29-30H,4-26,28H2,1-3H3/p+1. The van der Waals surface area contributed by atoms with Crippen molar-refractivity contribution in [3.8, 4) is 0 Å². The largest absolute Gasteiger partial charge is 0.254 e. The molecule has 33 heavy (non-hydrogen) atoms. The molecule has 0 saturated heterocycles. The molecule has 0 fully saturated rings. The number of aromatic nitrogens is 2. The van der Waals surface area contributed by atoms with Crippen molar-refractivity contribution >= 4 is 0 Å². The molecule has 1 N–H and O–H groups in total. The Morgan fingerprint density at radius 2 is 1.06 bits per heavy atom. The van der Waals surface area contributed by atoms with Crippen LogP contribution in [0.1, 0.15) is 168 Å². The Balaban J connectivity index is 1.89. The molecule has 2 nitrogen and oxygen atoms in total. The van der Waals surface area contributed by atoms with Crippen molar-refractivity contribution in [1.82, 2.24) is 4.98 Å². The second-order valence-electron chi connectivity index (χ2n) is 11.1. The molecule has 0 spiro atoms. The van der Waals surface area contributed by atoms with Crippen molar-refractivity contribution in [2.45, 2.75) is 175 Å². The molecule has 0 aliphatic heterocycles. The molecule has 0 saturated carbocycles. The van der Waals surface area contributed by atoms with E-state index in [1.54, 1.807) is 0 Å². The quantitative estimate of drug-likeness (QED) is 0.110. The summed E-state index contributed by atoms with van der Waals surface area (Å²) >= 11 is 0. The smallest absolute Gasteiger partial charge is 0.248 e. The maximum atomic E-state index is 3.50. The summed E-state index contributed by atoms with van der Waals surface area (Å²) in [6.07, 6.45) is 37.0. The summed E-state index contributed by atoms with van der Waals surface area (Å²) in [5, 5.41) is 0. The fourth-order valence-corrected chi connectivity index (χ4v) is 5.03. The van der Waals surface area contributed by atoms with Crippen molar-refractivity contribution in [1.29, 1.82) is 0 Å². The zero-order chi connectivity index (χ0) is 23.8. The predicted octanol–water partition coefficient (Wildman–Crippen LogP) is 10.1. The number of aromatic amines is 1. The topological polar surface area (TPSA) is 19.7 Å². The van der Waals surface area contributed by atoms with Crippen LogP contribution in [0.25, 0.3) is 0 Å². The van der Waals surface area contributed by atoms with Crippen LogP contribution < -0.4 is 4.57 Å². The average molecular weight is 462 g/mol. The SMILES string of the molecule is CCCCCCCCCCCCCCC[n+]1cc[nH]c1CCCCCCCCCCC(C)C. The molecule has 0 unspecified atom stereocenters. The minimum atomic E-state index is 0.880. The lowest BCUT2D eigenvalue weighted by Gasteiger charge is -2.05. The van der Waals surface area contributed by atoms with Gasteiger partial charge in [0.05, 0.1) is 6.54 Å². The zero-order valence-corrected chi connectivity index (χ0v) is 23.1. The summed E-state index contributed by atoms with van der Waals surface area (Å²) in [5.41, 5.74) is 0. The molecule has 0 bridgehead atoms. The van der Waals surface area contributed by atoms with Crippen LogP contribution in [-0.4, -0.2) is 4.98 Å². The lowest BCUT2D eigenvalue weighted by atomic mass is 10.0. The molecule has 0 aromatic carbocycles. The van der Waals surface area contributed by atoms with Gasteiger partial charge in [0, 0.05) is 6.42 Å². The summed E-state index contributed by atoms with van der Waals surface area (Å²) in [6, 6.07) is 0. The Morgan fingerprint density at radius 1 is 0.606 bits per heavy atom. The fourth-order valence-electron chi connectivity index (χ4n) is 5.03. The van der Waals surface area contributed by atoms with Crippen molar-refractivity contribution in [2.24, 2.45) is 5.92 Å². The van der Waals surface area contributed by atoms with Gasteiger partial charge in [-0.2, -0.15) is 0 Å². The second-order valence-corrected chi connectivity index (χ2v) is 11.1. The number of unbranched alkanes of at least 4 members (excludes halogenated alkanes) is 19. The van der Waals surface area contributed by atoms with Crippen LogP contribution in [0.2, 0.25) is 0 Å². The van der Waals surface area contributed by atoms with Crippen molar-refractivity contribution < 1.29 is 4.57 Å². The molecule has 1 rings (SSSR count). The molecule has 1 heterocycles. The van der Waals surface area contributed by atoms with Crippen LogP contribution in [0.15, 0.2) is 12.4 Å². The van der Waals surface area contributed by atoms with Crippen molar-refractivity contribution in [3.63, 3.8) is 0 Å². The normalized spacial score (nSPS) is 11.6. The monoisotopic (exact) mass is 461 g/mol. The molecule has 0 radical (unpaired) electrons. The van der Waals surface area contributed by atoms with Gasteiger partial charge in [-0.15, -0.1) is 0 Å². The number of rotatable bonds is 25. The Bertz CT molecular complexity index is 505. The van der Waals surface area contributed by atoms with E-state index in [2.05, 4.69) is 42.7 Å². The van der Waals surface area contributed by atoms with Crippen molar-refractivity contribution in [2.75, 3.05) is 0 Å². The lowest BCUT2D eigenvalue weighted by Crippen LogP contribution is -2.36. The maximum absolute atomic E-state index is 3.50. The first-order chi connectivity index (χ1) is 16.2. The zero-order valence-electron chi connectivity index (χ0n) is 23.1. The summed E-state index contributed by atoms with van der Waals surface area (Å²) in [7, 11) is 0. The molecule has 0 aliphatic rings. The summed E-state index contributed by atoms with van der Waals surface area (Å²) < 4.78 is 2.48. The number of H-pyrrole nitrogens is 1. The first kappa shape index (κ1) is 30.2. The minimum Gasteiger partial charge on any atom is -0.248 e. The van der Waals surface area contributed by atoms with Gasteiger partial charge in [-0.1, -0.05) is 143 Å². The number of nitrogens with one attached hydrogen (secondary N) is 1. The van der Waals surface area contributed by atoms with Crippen LogP contribution in [0, 0.1) is 5.92 Å². The van der Waals surface area contributed by atoms with E-state index in [0.717, 1.165) is 5.92 Å². The van der Waals surface area contributed by atoms with E-state index in [1.165, 1.54) is 160 Å². The van der Waals surface area contributed by atoms with Crippen LogP contribution in [0.3, 0.4) is 0 Å². The molecule has 0 amide bonds. The van der Waals surface area contributed by atoms with E-state index in [9.17, 15) is 0 Å². The van der Waals surface area contributed by atoms with Crippen molar-refractivity contribution in [3.05, 3.63) is 18.2 Å². The van der Waals surface area contributed by atoms with E-state index >= 15 is 0 Å². The van der Waals surface area contributed by atoms with E-state index in [-0.39, 0.29) is 0 Å². The van der Waals surface area contributed by atoms with Gasteiger partial charge in [0.1, 0.15) is 12.4 Å². The molecule has 1 aromatic rings. The highest BCUT2D eigenvalue weighted by molar-refractivity contribution is 4.77. The predicted molar refractivity (Wildman–Crippen MR) is 147 cm³/mol. The lowest BCUT2D eigenvalue weighted by molar-refractivity contribution is -0.703. The van der Waals surface area contributed by atoms with Crippen LogP contribution in [0.5, 0.6) is 0 Å². The molecule has 2 heteroatoms. The summed E-state index contributed by atoms with van der Waals surface area (Å²) in [5.74, 6) is 2.33. The first-order valence-corrected chi connectivity index (χ1v) is 15.3. The van der Waals surface area contributed by atoms with Gasteiger partial charge < -0.3 is 0 Å². The molecular formula is C31H61N2+. The molecule has 0 atom stereocenters. The van der Waals surface area contributed by atoms with Crippen LogP contribution in [-0.2, 0) is 13.0 Å². The van der Waals surface area contributed by atoms with Crippen LogP contribution in [0.4, 0.5) is 0 Å².